The minimum absolute atomic E-state index is 0.244. The number of nitrogens with zero attached hydrogens (tertiary/aromatic N) is 3. The van der Waals surface area contributed by atoms with Gasteiger partial charge in [-0.3, -0.25) is 0 Å². The highest BCUT2D eigenvalue weighted by Crippen LogP contribution is 2.31. The first-order valence-electron chi connectivity index (χ1n) is 4.88. The van der Waals surface area contributed by atoms with Crippen molar-refractivity contribution in [3.63, 3.8) is 0 Å². The van der Waals surface area contributed by atoms with E-state index in [1.165, 1.54) is 0 Å². The number of hydrogen-bond donors (Lipinski definition) is 0. The van der Waals surface area contributed by atoms with Crippen LogP contribution in [0.5, 0.6) is 0 Å². The molecule has 0 spiro atoms. The van der Waals surface area contributed by atoms with Crippen LogP contribution in [-0.2, 0) is 5.88 Å². The Kier molecular flexibility index (Phi) is 3.11. The molecule has 0 saturated carbocycles. The number of alkyl halides is 1. The van der Waals surface area contributed by atoms with Crippen LogP contribution in [0.1, 0.15) is 19.7 Å². The molecule has 2 heterocycles. The summed E-state index contributed by atoms with van der Waals surface area (Å²) in [4.78, 5) is 2.12. The van der Waals surface area contributed by atoms with Crippen LogP contribution in [0, 0.1) is 0 Å². The predicted molar refractivity (Wildman–Crippen MR) is 62.6 cm³/mol. The van der Waals surface area contributed by atoms with Crippen molar-refractivity contribution in [3.8, 4) is 0 Å². The van der Waals surface area contributed by atoms with Gasteiger partial charge in [0.25, 0.3) is 0 Å². The van der Waals surface area contributed by atoms with Crippen molar-refractivity contribution in [2.24, 2.45) is 0 Å². The van der Waals surface area contributed by atoms with E-state index in [9.17, 15) is 0 Å². The van der Waals surface area contributed by atoms with Crippen molar-refractivity contribution < 1.29 is 4.42 Å². The summed E-state index contributed by atoms with van der Waals surface area (Å²) < 4.78 is 5.67. The van der Waals surface area contributed by atoms with Crippen molar-refractivity contribution in [3.05, 3.63) is 5.89 Å². The van der Waals surface area contributed by atoms with Crippen molar-refractivity contribution in [2.45, 2.75) is 24.5 Å². The molecule has 6 heteroatoms. The molecule has 0 amide bonds. The molecule has 1 aliphatic heterocycles. The van der Waals surface area contributed by atoms with E-state index in [1.807, 2.05) is 11.8 Å². The van der Waals surface area contributed by atoms with Gasteiger partial charge in [0.2, 0.25) is 5.89 Å². The Labute approximate surface area is 98.4 Å². The zero-order valence-corrected chi connectivity index (χ0v) is 10.4. The molecule has 2 rings (SSSR count). The van der Waals surface area contributed by atoms with Crippen LogP contribution in [0.15, 0.2) is 4.42 Å². The van der Waals surface area contributed by atoms with Crippen molar-refractivity contribution in [2.75, 3.05) is 23.7 Å². The lowest BCUT2D eigenvalue weighted by Gasteiger charge is -2.36. The van der Waals surface area contributed by atoms with Crippen LogP contribution in [-0.4, -0.2) is 33.8 Å². The van der Waals surface area contributed by atoms with Gasteiger partial charge in [0.15, 0.2) is 0 Å². The molecule has 1 aromatic rings. The second kappa shape index (κ2) is 4.22. The number of aromatic nitrogens is 2. The average Bonchev–Trinajstić information content (AvgIpc) is 2.64. The molecule has 15 heavy (non-hydrogen) atoms. The van der Waals surface area contributed by atoms with Gasteiger partial charge in [-0.2, -0.15) is 11.8 Å². The number of rotatable bonds is 2. The van der Waals surface area contributed by atoms with Crippen LogP contribution >= 0.6 is 23.4 Å². The summed E-state index contributed by atoms with van der Waals surface area (Å²) in [5, 5.41) is 7.85. The molecule has 0 N–H and O–H groups in total. The lowest BCUT2D eigenvalue weighted by Crippen LogP contribution is -2.43. The molecule has 0 radical (unpaired) electrons. The summed E-state index contributed by atoms with van der Waals surface area (Å²) in [6, 6.07) is 0.596. The van der Waals surface area contributed by atoms with E-state index in [-0.39, 0.29) is 10.6 Å². The molecule has 0 bridgehead atoms. The van der Waals surface area contributed by atoms with Gasteiger partial charge in [-0.1, -0.05) is 5.10 Å². The Bertz CT molecular complexity index is 342. The molecule has 1 aliphatic rings. The molecule has 1 fully saturated rings. The van der Waals surface area contributed by atoms with E-state index in [2.05, 4.69) is 28.9 Å². The van der Waals surface area contributed by atoms with E-state index >= 15 is 0 Å². The lowest BCUT2D eigenvalue weighted by molar-refractivity contribution is 0.489. The number of thioether (sulfide) groups is 1. The highest BCUT2D eigenvalue weighted by molar-refractivity contribution is 8.00. The third kappa shape index (κ3) is 2.58. The lowest BCUT2D eigenvalue weighted by atomic mass is 10.2. The topological polar surface area (TPSA) is 42.2 Å². The first-order valence-corrected chi connectivity index (χ1v) is 6.40. The number of halogens is 1. The average molecular weight is 248 g/mol. The number of anilines is 1. The molecule has 0 aromatic carbocycles. The number of hydrogen-bond acceptors (Lipinski definition) is 5. The third-order valence-electron chi connectivity index (χ3n) is 2.27. The fraction of sp³-hybridized carbons (Fsp3) is 0.778. The van der Waals surface area contributed by atoms with Crippen molar-refractivity contribution in [1.29, 1.82) is 0 Å². The van der Waals surface area contributed by atoms with Crippen LogP contribution in [0.25, 0.3) is 0 Å². The molecule has 0 atom stereocenters. The highest BCUT2D eigenvalue weighted by Gasteiger charge is 2.29. The summed E-state index contributed by atoms with van der Waals surface area (Å²) in [6.07, 6.45) is 0. The van der Waals surface area contributed by atoms with Crippen LogP contribution in [0.4, 0.5) is 6.01 Å². The molecule has 1 aromatic heterocycles. The van der Waals surface area contributed by atoms with E-state index < -0.39 is 0 Å². The summed E-state index contributed by atoms with van der Waals surface area (Å²) in [6.45, 7) is 6.34. The van der Waals surface area contributed by atoms with Gasteiger partial charge in [0.1, 0.15) is 5.88 Å². The van der Waals surface area contributed by atoms with Gasteiger partial charge in [-0.25, -0.2) is 0 Å². The first kappa shape index (κ1) is 11.1. The fourth-order valence-corrected chi connectivity index (χ4v) is 2.83. The van der Waals surface area contributed by atoms with Crippen LogP contribution in [0.3, 0.4) is 0 Å². The van der Waals surface area contributed by atoms with Gasteiger partial charge < -0.3 is 9.32 Å². The second-order valence-electron chi connectivity index (χ2n) is 4.14. The predicted octanol–water partition coefficient (Wildman–Crippen LogP) is 2.14. The first-order chi connectivity index (χ1) is 7.11. The zero-order valence-electron chi connectivity index (χ0n) is 8.86. The Morgan fingerprint density at radius 1 is 1.53 bits per heavy atom. The van der Waals surface area contributed by atoms with Gasteiger partial charge in [0.05, 0.1) is 0 Å². The van der Waals surface area contributed by atoms with Crippen LogP contribution < -0.4 is 4.90 Å². The molecule has 1 saturated heterocycles. The van der Waals surface area contributed by atoms with Gasteiger partial charge >= 0.3 is 6.01 Å². The molecule has 0 aliphatic carbocycles. The standard InChI is InChI=1S/C9H14ClN3OS/c1-9(2)6-13(3-4-15-9)8-12-11-7(5-10)14-8/h3-6H2,1-2H3. The Morgan fingerprint density at radius 2 is 2.33 bits per heavy atom. The molecular weight excluding hydrogens is 234 g/mol. The summed E-state index contributed by atoms with van der Waals surface area (Å²) in [7, 11) is 0. The van der Waals surface area contributed by atoms with Gasteiger partial charge in [-0.15, -0.1) is 16.7 Å². The van der Waals surface area contributed by atoms with E-state index in [1.54, 1.807) is 0 Å². The highest BCUT2D eigenvalue weighted by atomic mass is 35.5. The zero-order chi connectivity index (χ0) is 10.9. The monoisotopic (exact) mass is 247 g/mol. The van der Waals surface area contributed by atoms with Crippen LogP contribution in [0.2, 0.25) is 0 Å². The summed E-state index contributed by atoms with van der Waals surface area (Å²) in [5.74, 6) is 1.85. The minimum atomic E-state index is 0.244. The van der Waals surface area contributed by atoms with Crippen molar-refractivity contribution in [1.82, 2.24) is 10.2 Å². The summed E-state index contributed by atoms with van der Waals surface area (Å²) >= 11 is 7.59. The Balaban J connectivity index is 2.10. The molecular formula is C9H14ClN3OS. The Morgan fingerprint density at radius 3 is 2.93 bits per heavy atom. The van der Waals surface area contributed by atoms with Crippen molar-refractivity contribution >= 4 is 29.4 Å². The summed E-state index contributed by atoms with van der Waals surface area (Å²) in [5.41, 5.74) is 0. The molecule has 84 valence electrons. The SMILES string of the molecule is CC1(C)CN(c2nnc(CCl)o2)CCS1. The van der Waals surface area contributed by atoms with E-state index in [0.29, 0.717) is 11.9 Å². The fourth-order valence-electron chi connectivity index (χ4n) is 1.61. The second-order valence-corrected chi connectivity index (χ2v) is 6.21. The van der Waals surface area contributed by atoms with E-state index in [4.69, 9.17) is 16.0 Å². The maximum atomic E-state index is 5.62. The maximum Gasteiger partial charge on any atom is 0.318 e. The smallest absolute Gasteiger partial charge is 0.318 e. The van der Waals surface area contributed by atoms with Gasteiger partial charge in [-0.05, 0) is 13.8 Å². The third-order valence-corrected chi connectivity index (χ3v) is 3.79. The molecule has 0 unspecified atom stereocenters. The quantitative estimate of drug-likeness (QED) is 0.749. The Hall–Kier alpha value is -0.420. The minimum Gasteiger partial charge on any atom is -0.407 e. The largest absolute Gasteiger partial charge is 0.407 e. The normalized spacial score (nSPS) is 20.6. The maximum absolute atomic E-state index is 5.62. The molecule has 4 nitrogen and oxygen atoms in total. The van der Waals surface area contributed by atoms with E-state index in [0.717, 1.165) is 18.8 Å². The van der Waals surface area contributed by atoms with Gasteiger partial charge in [0, 0.05) is 23.6 Å².